The van der Waals surface area contributed by atoms with Gasteiger partial charge in [0.2, 0.25) is 0 Å². The van der Waals surface area contributed by atoms with E-state index in [0.717, 1.165) is 0 Å². The zero-order chi connectivity index (χ0) is 15.2. The Kier molecular flexibility index (Phi) is 3.58. The van der Waals surface area contributed by atoms with Gasteiger partial charge >= 0.3 is 0 Å². The lowest BCUT2D eigenvalue weighted by atomic mass is 9.88. The lowest BCUT2D eigenvalue weighted by molar-refractivity contribution is 0.489. The average molecular weight is 284 g/mol. The SMILES string of the molecule is Bc1cc(C)c(F)c(-c2c(F)cc(C)c(F)c2F)c1F. The summed E-state index contributed by atoms with van der Waals surface area (Å²) in [5, 5.41) is 0. The summed E-state index contributed by atoms with van der Waals surface area (Å²) in [6.45, 7) is 2.51. The Labute approximate surface area is 113 Å². The van der Waals surface area contributed by atoms with Gasteiger partial charge in [-0.15, -0.1) is 0 Å². The second-order valence-corrected chi connectivity index (χ2v) is 4.69. The van der Waals surface area contributed by atoms with Crippen LogP contribution in [-0.4, -0.2) is 7.85 Å². The summed E-state index contributed by atoms with van der Waals surface area (Å²) in [5.41, 5.74) is -2.11. The number of halogens is 5. The Hall–Kier alpha value is -1.85. The van der Waals surface area contributed by atoms with E-state index in [1.165, 1.54) is 27.8 Å². The zero-order valence-electron chi connectivity index (χ0n) is 11.0. The van der Waals surface area contributed by atoms with Gasteiger partial charge in [0.15, 0.2) is 11.6 Å². The minimum absolute atomic E-state index is 0.0266. The lowest BCUT2D eigenvalue weighted by Gasteiger charge is -2.13. The predicted octanol–water partition coefficient (Wildman–Crippen LogP) is 2.92. The van der Waals surface area contributed by atoms with E-state index in [9.17, 15) is 22.0 Å². The van der Waals surface area contributed by atoms with Crippen LogP contribution in [0.25, 0.3) is 11.1 Å². The smallest absolute Gasteiger partial charge is 0.170 e. The lowest BCUT2D eigenvalue weighted by Crippen LogP contribution is -2.14. The molecule has 0 bridgehead atoms. The molecule has 0 saturated carbocycles. The van der Waals surface area contributed by atoms with Crippen LogP contribution >= 0.6 is 0 Å². The molecule has 0 N–H and O–H groups in total. The molecule has 0 fully saturated rings. The average Bonchev–Trinajstić information content (AvgIpc) is 2.38. The topological polar surface area (TPSA) is 0 Å². The van der Waals surface area contributed by atoms with E-state index in [0.29, 0.717) is 6.07 Å². The maximum absolute atomic E-state index is 14.0. The molecule has 0 aromatic heterocycles. The molecular weight excluding hydrogens is 274 g/mol. The second-order valence-electron chi connectivity index (χ2n) is 4.69. The van der Waals surface area contributed by atoms with Gasteiger partial charge in [-0.25, -0.2) is 22.0 Å². The molecule has 0 aliphatic heterocycles. The van der Waals surface area contributed by atoms with E-state index < -0.39 is 40.2 Å². The van der Waals surface area contributed by atoms with Crippen molar-refractivity contribution < 1.29 is 22.0 Å². The first kappa shape index (κ1) is 14.6. The fourth-order valence-electron chi connectivity index (χ4n) is 2.10. The van der Waals surface area contributed by atoms with Gasteiger partial charge in [0.25, 0.3) is 0 Å². The van der Waals surface area contributed by atoms with Crippen molar-refractivity contribution in [2.24, 2.45) is 0 Å². The standard InChI is InChI=1S/C14H10BF5/c1-5-3-7(15)13(19)10(11(5)17)9-8(16)4-6(2)12(18)14(9)20/h3-4H,15H2,1-2H3. The molecule has 20 heavy (non-hydrogen) atoms. The molecule has 0 radical (unpaired) electrons. The third-order valence-corrected chi connectivity index (χ3v) is 3.15. The van der Waals surface area contributed by atoms with Gasteiger partial charge in [0.1, 0.15) is 25.3 Å². The number of hydrogen-bond donors (Lipinski definition) is 0. The molecule has 2 aromatic carbocycles. The molecule has 6 heteroatoms. The van der Waals surface area contributed by atoms with Crippen LogP contribution in [0.1, 0.15) is 11.1 Å². The molecule has 2 aromatic rings. The minimum Gasteiger partial charge on any atom is -0.207 e. The van der Waals surface area contributed by atoms with E-state index >= 15 is 0 Å². The van der Waals surface area contributed by atoms with Crippen molar-refractivity contribution in [2.45, 2.75) is 13.8 Å². The van der Waals surface area contributed by atoms with Crippen LogP contribution in [0.4, 0.5) is 22.0 Å². The third-order valence-electron chi connectivity index (χ3n) is 3.15. The number of rotatable bonds is 1. The van der Waals surface area contributed by atoms with E-state index in [-0.39, 0.29) is 16.6 Å². The van der Waals surface area contributed by atoms with Gasteiger partial charge in [0, 0.05) is 0 Å². The van der Waals surface area contributed by atoms with Crippen molar-refractivity contribution in [3.63, 3.8) is 0 Å². The number of aryl methyl sites for hydroxylation is 2. The van der Waals surface area contributed by atoms with Gasteiger partial charge in [-0.05, 0) is 31.0 Å². The highest BCUT2D eigenvalue weighted by molar-refractivity contribution is 6.33. The van der Waals surface area contributed by atoms with Crippen molar-refractivity contribution in [2.75, 3.05) is 0 Å². The summed E-state index contributed by atoms with van der Waals surface area (Å²) in [6.07, 6.45) is 0. The van der Waals surface area contributed by atoms with Crippen LogP contribution in [0.15, 0.2) is 12.1 Å². The quantitative estimate of drug-likeness (QED) is 0.429. The van der Waals surface area contributed by atoms with Crippen LogP contribution in [0.3, 0.4) is 0 Å². The van der Waals surface area contributed by atoms with Crippen LogP contribution in [0.5, 0.6) is 0 Å². The maximum Gasteiger partial charge on any atom is 0.170 e. The van der Waals surface area contributed by atoms with E-state index in [4.69, 9.17) is 0 Å². The van der Waals surface area contributed by atoms with Crippen LogP contribution in [-0.2, 0) is 0 Å². The largest absolute Gasteiger partial charge is 0.207 e. The zero-order valence-corrected chi connectivity index (χ0v) is 11.0. The Morgan fingerprint density at radius 1 is 0.700 bits per heavy atom. The van der Waals surface area contributed by atoms with Crippen molar-refractivity contribution in [1.82, 2.24) is 0 Å². The monoisotopic (exact) mass is 284 g/mol. The van der Waals surface area contributed by atoms with E-state index in [2.05, 4.69) is 0 Å². The van der Waals surface area contributed by atoms with Gasteiger partial charge in [-0.3, -0.25) is 0 Å². The highest BCUT2D eigenvalue weighted by Gasteiger charge is 2.25. The summed E-state index contributed by atoms with van der Waals surface area (Å²) >= 11 is 0. The van der Waals surface area contributed by atoms with Crippen molar-refractivity contribution in [1.29, 1.82) is 0 Å². The number of hydrogen-bond acceptors (Lipinski definition) is 0. The molecule has 0 spiro atoms. The molecule has 0 unspecified atom stereocenters. The van der Waals surface area contributed by atoms with Crippen molar-refractivity contribution in [3.05, 3.63) is 52.3 Å². The Morgan fingerprint density at radius 3 is 1.85 bits per heavy atom. The van der Waals surface area contributed by atoms with Crippen LogP contribution in [0, 0.1) is 42.9 Å². The maximum atomic E-state index is 14.0. The van der Waals surface area contributed by atoms with Crippen molar-refractivity contribution in [3.8, 4) is 11.1 Å². The first-order chi connectivity index (χ1) is 9.25. The summed E-state index contributed by atoms with van der Waals surface area (Å²) in [7, 11) is 1.34. The second kappa shape index (κ2) is 4.92. The van der Waals surface area contributed by atoms with E-state index in [1.54, 1.807) is 0 Å². The van der Waals surface area contributed by atoms with Gasteiger partial charge in [-0.1, -0.05) is 11.5 Å². The molecule has 0 aliphatic rings. The fraction of sp³-hybridized carbons (Fsp3) is 0.143. The van der Waals surface area contributed by atoms with Gasteiger partial charge in [-0.2, -0.15) is 0 Å². The summed E-state index contributed by atoms with van der Waals surface area (Å²) in [4.78, 5) is 0. The Balaban J connectivity index is 2.93. The molecule has 0 aliphatic carbocycles. The number of benzene rings is 2. The minimum atomic E-state index is -1.59. The molecule has 104 valence electrons. The molecule has 0 amide bonds. The molecule has 2 rings (SSSR count). The van der Waals surface area contributed by atoms with E-state index in [1.807, 2.05) is 0 Å². The van der Waals surface area contributed by atoms with Crippen molar-refractivity contribution >= 4 is 13.3 Å². The summed E-state index contributed by atoms with van der Waals surface area (Å²) in [5.74, 6) is -6.32. The third kappa shape index (κ3) is 2.09. The van der Waals surface area contributed by atoms with Crippen LogP contribution in [0.2, 0.25) is 0 Å². The summed E-state index contributed by atoms with van der Waals surface area (Å²) in [6, 6.07) is 1.93. The molecule has 0 atom stereocenters. The highest BCUT2D eigenvalue weighted by Crippen LogP contribution is 2.33. The fourth-order valence-corrected chi connectivity index (χ4v) is 2.10. The first-order valence-corrected chi connectivity index (χ1v) is 5.85. The summed E-state index contributed by atoms with van der Waals surface area (Å²) < 4.78 is 69.3. The predicted molar refractivity (Wildman–Crippen MR) is 69.3 cm³/mol. The highest BCUT2D eigenvalue weighted by atomic mass is 19.2. The first-order valence-electron chi connectivity index (χ1n) is 5.85. The van der Waals surface area contributed by atoms with Gasteiger partial charge < -0.3 is 0 Å². The molecular formula is C14H10BF5. The van der Waals surface area contributed by atoms with Gasteiger partial charge in [0.05, 0.1) is 11.1 Å². The molecule has 0 nitrogen and oxygen atoms in total. The van der Waals surface area contributed by atoms with Crippen LogP contribution < -0.4 is 5.46 Å². The normalized spacial score (nSPS) is 10.9. The Morgan fingerprint density at radius 2 is 1.25 bits per heavy atom. The molecule has 0 saturated heterocycles. The Bertz CT molecular complexity index is 683. The molecule has 0 heterocycles.